The Balaban J connectivity index is 1.56. The third-order valence-corrected chi connectivity index (χ3v) is 3.75. The van der Waals surface area contributed by atoms with Gasteiger partial charge >= 0.3 is 5.97 Å². The minimum Gasteiger partial charge on any atom is -0.465 e. The van der Waals surface area contributed by atoms with Crippen LogP contribution in [0.3, 0.4) is 0 Å². The zero-order valence-corrected chi connectivity index (χ0v) is 15.3. The predicted molar refractivity (Wildman–Crippen MR) is 108 cm³/mol. The maximum absolute atomic E-state index is 12.5. The molecule has 0 aliphatic rings. The van der Waals surface area contributed by atoms with Crippen molar-refractivity contribution in [2.75, 3.05) is 17.2 Å². The Kier molecular flexibility index (Phi) is 6.57. The molecule has 0 fully saturated rings. The van der Waals surface area contributed by atoms with Crippen molar-refractivity contribution in [3.8, 4) is 0 Å². The third-order valence-electron chi connectivity index (χ3n) is 3.75. The molecule has 0 saturated carbocycles. The second-order valence-corrected chi connectivity index (χ2v) is 5.87. The number of esters is 1. The molecule has 0 aliphatic carbocycles. The molecular formula is C22H18N2O5. The van der Waals surface area contributed by atoms with Gasteiger partial charge in [-0.15, -0.1) is 0 Å². The highest BCUT2D eigenvalue weighted by Crippen LogP contribution is 2.17. The zero-order valence-electron chi connectivity index (χ0n) is 15.3. The summed E-state index contributed by atoms with van der Waals surface area (Å²) in [7, 11) is 0. The highest BCUT2D eigenvalue weighted by molar-refractivity contribution is 6.10. The van der Waals surface area contributed by atoms with E-state index >= 15 is 0 Å². The minimum absolute atomic E-state index is 0.286. The lowest BCUT2D eigenvalue weighted by Crippen LogP contribution is -2.22. The molecule has 3 aromatic rings. The van der Waals surface area contributed by atoms with Gasteiger partial charge in [-0.3, -0.25) is 9.59 Å². The average Bonchev–Trinajstić information content (AvgIpc) is 3.25. The van der Waals surface area contributed by atoms with Gasteiger partial charge in [-0.1, -0.05) is 30.3 Å². The van der Waals surface area contributed by atoms with Crippen molar-refractivity contribution in [2.45, 2.75) is 0 Å². The molecule has 7 nitrogen and oxygen atoms in total. The molecule has 0 aliphatic heterocycles. The number of carbonyl (C=O) groups excluding carboxylic acids is 3. The third kappa shape index (κ3) is 5.93. The molecule has 29 heavy (non-hydrogen) atoms. The fraction of sp³-hybridized carbons (Fsp3) is 0.0455. The van der Waals surface area contributed by atoms with Crippen LogP contribution < -0.4 is 10.6 Å². The van der Waals surface area contributed by atoms with Crippen LogP contribution in [0.5, 0.6) is 0 Å². The summed E-state index contributed by atoms with van der Waals surface area (Å²) in [5, 5.41) is 5.34. The first-order valence-corrected chi connectivity index (χ1v) is 8.75. The largest absolute Gasteiger partial charge is 0.465 e. The van der Waals surface area contributed by atoms with Crippen LogP contribution in [0.2, 0.25) is 0 Å². The number of amides is 2. The molecule has 146 valence electrons. The van der Waals surface area contributed by atoms with E-state index in [1.807, 2.05) is 6.07 Å². The summed E-state index contributed by atoms with van der Waals surface area (Å²) in [5.41, 5.74) is 1.23. The first-order chi connectivity index (χ1) is 14.1. The Morgan fingerprint density at radius 3 is 2.41 bits per heavy atom. The van der Waals surface area contributed by atoms with Crippen LogP contribution in [-0.4, -0.2) is 24.4 Å². The van der Waals surface area contributed by atoms with Crippen LogP contribution in [0.4, 0.5) is 11.4 Å². The van der Waals surface area contributed by atoms with E-state index in [1.165, 1.54) is 12.3 Å². The second-order valence-electron chi connectivity index (χ2n) is 5.87. The van der Waals surface area contributed by atoms with Crippen LogP contribution in [0.15, 0.2) is 83.5 Å². The quantitative estimate of drug-likeness (QED) is 0.473. The number of para-hydroxylation sites is 2. The van der Waals surface area contributed by atoms with E-state index in [-0.39, 0.29) is 11.5 Å². The van der Waals surface area contributed by atoms with Gasteiger partial charge in [-0.25, -0.2) is 4.79 Å². The number of rotatable bonds is 7. The first kappa shape index (κ1) is 19.6. The summed E-state index contributed by atoms with van der Waals surface area (Å²) in [6.07, 6.45) is 4.07. The predicted octanol–water partition coefficient (Wildman–Crippen LogP) is 3.73. The lowest BCUT2D eigenvalue weighted by atomic mass is 10.1. The standard InChI is InChI=1S/C22H18N2O5/c25-20(15-29-21(26)13-12-17-9-6-14-28-17)24-19-11-5-4-10-18(19)22(27)23-16-7-2-1-3-8-16/h1-14H,15H2,(H,23,27)(H,24,25)/b13-12+. The molecule has 3 rings (SSSR count). The highest BCUT2D eigenvalue weighted by atomic mass is 16.5. The van der Waals surface area contributed by atoms with Crippen molar-refractivity contribution in [3.63, 3.8) is 0 Å². The van der Waals surface area contributed by atoms with Crippen LogP contribution in [-0.2, 0) is 14.3 Å². The number of anilines is 2. The summed E-state index contributed by atoms with van der Waals surface area (Å²) < 4.78 is 9.95. The molecule has 0 bridgehead atoms. The molecule has 0 saturated heterocycles. The van der Waals surface area contributed by atoms with Crippen LogP contribution in [0.25, 0.3) is 6.08 Å². The summed E-state index contributed by atoms with van der Waals surface area (Å²) >= 11 is 0. The number of benzene rings is 2. The van der Waals surface area contributed by atoms with Crippen LogP contribution >= 0.6 is 0 Å². The van der Waals surface area contributed by atoms with E-state index in [0.29, 0.717) is 17.1 Å². The van der Waals surface area contributed by atoms with Crippen molar-refractivity contribution < 1.29 is 23.5 Å². The zero-order chi connectivity index (χ0) is 20.5. The van der Waals surface area contributed by atoms with E-state index in [4.69, 9.17) is 9.15 Å². The number of hydrogen-bond acceptors (Lipinski definition) is 5. The molecule has 0 unspecified atom stereocenters. The summed E-state index contributed by atoms with van der Waals surface area (Å²) in [5.74, 6) is -1.13. The van der Waals surface area contributed by atoms with Gasteiger partial charge in [-0.05, 0) is 42.5 Å². The number of carbonyl (C=O) groups is 3. The topological polar surface area (TPSA) is 97.6 Å². The van der Waals surface area contributed by atoms with Gasteiger partial charge in [-0.2, -0.15) is 0 Å². The molecule has 2 N–H and O–H groups in total. The first-order valence-electron chi connectivity index (χ1n) is 8.75. The van der Waals surface area contributed by atoms with E-state index in [0.717, 1.165) is 6.08 Å². The average molecular weight is 390 g/mol. The Morgan fingerprint density at radius 2 is 1.66 bits per heavy atom. The van der Waals surface area contributed by atoms with Crippen molar-refractivity contribution >= 4 is 35.2 Å². The van der Waals surface area contributed by atoms with Crippen molar-refractivity contribution in [2.24, 2.45) is 0 Å². The van der Waals surface area contributed by atoms with Crippen LogP contribution in [0.1, 0.15) is 16.1 Å². The molecule has 0 spiro atoms. The van der Waals surface area contributed by atoms with Crippen molar-refractivity contribution in [1.29, 1.82) is 0 Å². The summed E-state index contributed by atoms with van der Waals surface area (Å²) in [6, 6.07) is 18.9. The van der Waals surface area contributed by atoms with Gasteiger partial charge in [0.2, 0.25) is 0 Å². The monoisotopic (exact) mass is 390 g/mol. The molecular weight excluding hydrogens is 372 g/mol. The summed E-state index contributed by atoms with van der Waals surface area (Å²) in [4.78, 5) is 36.3. The van der Waals surface area contributed by atoms with Crippen molar-refractivity contribution in [1.82, 2.24) is 0 Å². The Hall–Kier alpha value is -4.13. The van der Waals surface area contributed by atoms with Gasteiger partial charge in [0.1, 0.15) is 5.76 Å². The van der Waals surface area contributed by atoms with Gasteiger partial charge in [0.05, 0.1) is 17.5 Å². The SMILES string of the molecule is O=C(COC(=O)/C=C/c1ccco1)Nc1ccccc1C(=O)Nc1ccccc1. The van der Waals surface area contributed by atoms with Gasteiger partial charge < -0.3 is 19.8 Å². The Morgan fingerprint density at radius 1 is 0.897 bits per heavy atom. The van der Waals surface area contributed by atoms with E-state index in [9.17, 15) is 14.4 Å². The maximum atomic E-state index is 12.5. The normalized spacial score (nSPS) is 10.5. The van der Waals surface area contributed by atoms with Crippen molar-refractivity contribution in [3.05, 3.63) is 90.4 Å². The molecule has 0 radical (unpaired) electrons. The smallest absolute Gasteiger partial charge is 0.331 e. The fourth-order valence-corrected chi connectivity index (χ4v) is 2.42. The molecule has 1 aromatic heterocycles. The van der Waals surface area contributed by atoms with Gasteiger partial charge in [0.15, 0.2) is 6.61 Å². The van der Waals surface area contributed by atoms with E-state index < -0.39 is 18.5 Å². The van der Waals surface area contributed by atoms with Gasteiger partial charge in [0, 0.05) is 11.8 Å². The Bertz CT molecular complexity index is 1010. The maximum Gasteiger partial charge on any atom is 0.331 e. The number of nitrogens with one attached hydrogen (secondary N) is 2. The molecule has 2 aromatic carbocycles. The molecule has 1 heterocycles. The molecule has 2 amide bonds. The number of hydrogen-bond donors (Lipinski definition) is 2. The van der Waals surface area contributed by atoms with Gasteiger partial charge in [0.25, 0.3) is 11.8 Å². The lowest BCUT2D eigenvalue weighted by Gasteiger charge is -2.11. The van der Waals surface area contributed by atoms with E-state index in [1.54, 1.807) is 60.7 Å². The van der Waals surface area contributed by atoms with Crippen LogP contribution in [0, 0.1) is 0 Å². The second kappa shape index (κ2) is 9.70. The molecule has 7 heteroatoms. The van der Waals surface area contributed by atoms with E-state index in [2.05, 4.69) is 10.6 Å². The lowest BCUT2D eigenvalue weighted by molar-refractivity contribution is -0.142. The fourth-order valence-electron chi connectivity index (χ4n) is 2.42. The summed E-state index contributed by atoms with van der Waals surface area (Å²) in [6.45, 7) is -0.490. The molecule has 0 atom stereocenters. The highest BCUT2D eigenvalue weighted by Gasteiger charge is 2.14. The minimum atomic E-state index is -0.688. The number of furan rings is 1. The number of ether oxygens (including phenoxy) is 1. The Labute approximate surface area is 167 Å².